The molecule has 1 amide bonds. The molecule has 7 heteroatoms. The van der Waals surface area contributed by atoms with Crippen molar-refractivity contribution >= 4 is 28.2 Å². The van der Waals surface area contributed by atoms with Gasteiger partial charge in [-0.3, -0.25) is 0 Å². The summed E-state index contributed by atoms with van der Waals surface area (Å²) in [5.41, 5.74) is -0.444. The van der Waals surface area contributed by atoms with Gasteiger partial charge in [0.15, 0.2) is 0 Å². The molecule has 0 bridgehead atoms. The van der Waals surface area contributed by atoms with E-state index in [9.17, 15) is 4.79 Å². The van der Waals surface area contributed by atoms with E-state index in [1.54, 1.807) is 0 Å². The van der Waals surface area contributed by atoms with Gasteiger partial charge in [-0.1, -0.05) is 0 Å². The molecule has 31 heavy (non-hydrogen) atoms. The Bertz CT molecular complexity index is 641. The summed E-state index contributed by atoms with van der Waals surface area (Å²) in [6.07, 6.45) is 11.8. The summed E-state index contributed by atoms with van der Waals surface area (Å²) < 4.78 is 13.3. The van der Waals surface area contributed by atoms with Crippen molar-refractivity contribution in [1.82, 2.24) is 19.9 Å². The van der Waals surface area contributed by atoms with Crippen molar-refractivity contribution in [1.29, 1.82) is 0 Å². The molecule has 0 unspecified atom stereocenters. The van der Waals surface area contributed by atoms with Gasteiger partial charge in [0.2, 0.25) is 0 Å². The standard InChI is InChI=1S/C12H19N4O2.3C4H9.Sn/c1-12(2,3)18-11(17)15-7-4-10(5-8-15)16-9-6-13-14-16;3*1-3-4-2;/h9-10H,4-5,7-8H2,1-3H3;3*1,3-4H2,2H3;. The van der Waals surface area contributed by atoms with Crippen LogP contribution in [0.25, 0.3) is 0 Å². The van der Waals surface area contributed by atoms with E-state index in [0.717, 1.165) is 25.9 Å². The van der Waals surface area contributed by atoms with Gasteiger partial charge in [0.1, 0.15) is 0 Å². The third-order valence-corrected chi connectivity index (χ3v) is 21.5. The van der Waals surface area contributed by atoms with Crippen LogP contribution in [-0.4, -0.2) is 63.1 Å². The molecule has 2 heterocycles. The molecule has 0 aromatic carbocycles. The fraction of sp³-hybridized carbons (Fsp3) is 0.875. The Morgan fingerprint density at radius 2 is 1.55 bits per heavy atom. The summed E-state index contributed by atoms with van der Waals surface area (Å²) in [5.74, 6) is 0. The van der Waals surface area contributed by atoms with Crippen molar-refractivity contribution in [2.45, 2.75) is 118 Å². The number of hydrogen-bond donors (Lipinski definition) is 0. The second kappa shape index (κ2) is 12.4. The van der Waals surface area contributed by atoms with Gasteiger partial charge in [-0.25, -0.2) is 0 Å². The molecular weight excluding hydrogens is 495 g/mol. The molecule has 0 spiro atoms. The van der Waals surface area contributed by atoms with E-state index < -0.39 is 24.0 Å². The fourth-order valence-electron chi connectivity index (χ4n) is 4.64. The average Bonchev–Trinajstić information content (AvgIpc) is 3.23. The first-order valence-electron chi connectivity index (χ1n) is 12.6. The molecule has 0 radical (unpaired) electrons. The molecule has 1 fully saturated rings. The molecule has 1 saturated heterocycles. The Balaban J connectivity index is 2.09. The van der Waals surface area contributed by atoms with Crippen molar-refractivity contribution in [3.8, 4) is 0 Å². The zero-order chi connectivity index (χ0) is 22.9. The van der Waals surface area contributed by atoms with Crippen LogP contribution in [-0.2, 0) is 4.74 Å². The third-order valence-electron chi connectivity index (χ3n) is 6.57. The van der Waals surface area contributed by atoms with E-state index in [0.29, 0.717) is 6.04 Å². The van der Waals surface area contributed by atoms with Gasteiger partial charge in [0.25, 0.3) is 0 Å². The molecule has 6 nitrogen and oxygen atoms in total. The third kappa shape index (κ3) is 7.93. The van der Waals surface area contributed by atoms with Gasteiger partial charge in [0.05, 0.1) is 0 Å². The number of piperidine rings is 1. The van der Waals surface area contributed by atoms with E-state index in [1.165, 1.54) is 55.5 Å². The van der Waals surface area contributed by atoms with E-state index in [1.807, 2.05) is 25.7 Å². The summed E-state index contributed by atoms with van der Waals surface area (Å²) in [6.45, 7) is 14.1. The van der Waals surface area contributed by atoms with E-state index in [4.69, 9.17) is 9.84 Å². The Labute approximate surface area is 194 Å². The molecule has 178 valence electrons. The predicted molar refractivity (Wildman–Crippen MR) is 131 cm³/mol. The molecule has 1 aromatic rings. The van der Waals surface area contributed by atoms with Crippen LogP contribution < -0.4 is 3.71 Å². The molecule has 1 aliphatic rings. The molecule has 0 aliphatic carbocycles. The number of hydrogen-bond acceptors (Lipinski definition) is 4. The zero-order valence-corrected chi connectivity index (χ0v) is 23.8. The quantitative estimate of drug-likeness (QED) is 0.327. The van der Waals surface area contributed by atoms with Crippen LogP contribution in [0.5, 0.6) is 0 Å². The Morgan fingerprint density at radius 1 is 1.03 bits per heavy atom. The minimum absolute atomic E-state index is 0.195. The Morgan fingerprint density at radius 3 is 2.00 bits per heavy atom. The van der Waals surface area contributed by atoms with Crippen LogP contribution in [0.15, 0.2) is 6.20 Å². The van der Waals surface area contributed by atoms with E-state index >= 15 is 0 Å². The van der Waals surface area contributed by atoms with Gasteiger partial charge >= 0.3 is 195 Å². The molecular formula is C24H46N4O2Sn. The molecule has 0 saturated carbocycles. The normalized spacial score (nSPS) is 16.0. The Hall–Kier alpha value is -0.791. The van der Waals surface area contributed by atoms with Crippen LogP contribution in [0.2, 0.25) is 13.3 Å². The first-order valence-corrected chi connectivity index (χ1v) is 20.1. The van der Waals surface area contributed by atoms with Gasteiger partial charge in [-0.15, -0.1) is 0 Å². The van der Waals surface area contributed by atoms with Crippen molar-refractivity contribution in [2.24, 2.45) is 0 Å². The van der Waals surface area contributed by atoms with E-state index in [-0.39, 0.29) is 6.09 Å². The second-order valence-corrected chi connectivity index (χ2v) is 23.4. The number of likely N-dealkylation sites (tertiary alicyclic amines) is 1. The number of ether oxygens (including phenoxy) is 1. The van der Waals surface area contributed by atoms with Gasteiger partial charge in [-0.2, -0.15) is 0 Å². The second-order valence-electron chi connectivity index (χ2n) is 10.4. The number of aromatic nitrogens is 3. The minimum atomic E-state index is -2.53. The van der Waals surface area contributed by atoms with Crippen molar-refractivity contribution in [2.75, 3.05) is 13.1 Å². The molecule has 0 atom stereocenters. The van der Waals surface area contributed by atoms with Gasteiger partial charge < -0.3 is 0 Å². The van der Waals surface area contributed by atoms with Gasteiger partial charge in [-0.05, 0) is 0 Å². The fourth-order valence-corrected chi connectivity index (χ4v) is 19.7. The summed E-state index contributed by atoms with van der Waals surface area (Å²) in [4.78, 5) is 14.2. The number of nitrogens with zero attached hydrogens (tertiary/aromatic N) is 4. The SMILES string of the molecule is CCC[CH2][Sn]([CH2]CCC)([CH2]CCC)[c]1cn(C2CCN(C(=O)OC(C)(C)C)CC2)nn1. The zero-order valence-electron chi connectivity index (χ0n) is 21.0. The first-order chi connectivity index (χ1) is 14.7. The number of unbranched alkanes of at least 4 members (excludes halogenated alkanes) is 3. The summed E-state index contributed by atoms with van der Waals surface area (Å²) in [7, 11) is 0. The molecule has 0 N–H and O–H groups in total. The summed E-state index contributed by atoms with van der Waals surface area (Å²) in [5, 5.41) is 9.47. The van der Waals surface area contributed by atoms with Crippen LogP contribution in [0.3, 0.4) is 0 Å². The molecule has 1 aliphatic heterocycles. The monoisotopic (exact) mass is 542 g/mol. The van der Waals surface area contributed by atoms with Gasteiger partial charge in [0, 0.05) is 0 Å². The van der Waals surface area contributed by atoms with Crippen molar-refractivity contribution in [3.05, 3.63) is 6.20 Å². The van der Waals surface area contributed by atoms with Crippen molar-refractivity contribution in [3.63, 3.8) is 0 Å². The number of carbonyl (C=O) groups is 1. The summed E-state index contributed by atoms with van der Waals surface area (Å²) >= 11 is -2.53. The summed E-state index contributed by atoms with van der Waals surface area (Å²) in [6, 6.07) is 0.340. The number of amides is 1. The Kier molecular flexibility index (Phi) is 10.6. The number of carbonyl (C=O) groups excluding carboxylic acids is 1. The van der Waals surface area contributed by atoms with Crippen LogP contribution >= 0.6 is 0 Å². The van der Waals surface area contributed by atoms with Crippen molar-refractivity contribution < 1.29 is 9.53 Å². The molecule has 2 rings (SSSR count). The topological polar surface area (TPSA) is 60.2 Å². The van der Waals surface area contributed by atoms with Crippen LogP contribution in [0.4, 0.5) is 4.79 Å². The average molecular weight is 541 g/mol. The number of rotatable bonds is 11. The first kappa shape index (κ1) is 26.5. The predicted octanol–water partition coefficient (Wildman–Crippen LogP) is 5.91. The van der Waals surface area contributed by atoms with E-state index in [2.05, 4.69) is 36.9 Å². The maximum atomic E-state index is 12.4. The maximum absolute atomic E-state index is 12.4. The van der Waals surface area contributed by atoms with Crippen LogP contribution in [0.1, 0.15) is 99.0 Å². The van der Waals surface area contributed by atoms with Crippen LogP contribution in [0, 0.1) is 0 Å². The molecule has 1 aromatic heterocycles.